The SMILES string of the molecule is CCSc1cccc(C(=O)Nc2nc3cc(C)cc(C)c3s2)c1. The van der Waals surface area contributed by atoms with E-state index in [-0.39, 0.29) is 5.91 Å². The predicted molar refractivity (Wildman–Crippen MR) is 99.9 cm³/mol. The molecule has 1 aromatic heterocycles. The van der Waals surface area contributed by atoms with Gasteiger partial charge in [0.1, 0.15) is 0 Å². The second-order valence-electron chi connectivity index (χ2n) is 5.36. The highest BCUT2D eigenvalue weighted by molar-refractivity contribution is 7.99. The number of fused-ring (bicyclic) bond motifs is 1. The second-order valence-corrected chi connectivity index (χ2v) is 7.70. The van der Waals surface area contributed by atoms with Crippen LogP contribution in [0.2, 0.25) is 0 Å². The first kappa shape index (κ1) is 16.0. The fourth-order valence-electron chi connectivity index (χ4n) is 2.49. The molecule has 0 atom stereocenters. The van der Waals surface area contributed by atoms with Crippen molar-refractivity contribution in [2.24, 2.45) is 0 Å². The molecule has 0 bridgehead atoms. The molecule has 23 heavy (non-hydrogen) atoms. The zero-order chi connectivity index (χ0) is 16.4. The Hall–Kier alpha value is -1.85. The third-order valence-electron chi connectivity index (χ3n) is 3.45. The Morgan fingerprint density at radius 1 is 1.26 bits per heavy atom. The van der Waals surface area contributed by atoms with Crippen LogP contribution in [-0.4, -0.2) is 16.6 Å². The fraction of sp³-hybridized carbons (Fsp3) is 0.222. The fourth-order valence-corrected chi connectivity index (χ4v) is 4.12. The zero-order valence-corrected chi connectivity index (χ0v) is 15.0. The number of amides is 1. The molecule has 2 aromatic carbocycles. The van der Waals surface area contributed by atoms with Gasteiger partial charge in [0.15, 0.2) is 5.13 Å². The van der Waals surface area contributed by atoms with Crippen LogP contribution in [0.15, 0.2) is 41.3 Å². The van der Waals surface area contributed by atoms with E-state index in [1.807, 2.05) is 30.3 Å². The van der Waals surface area contributed by atoms with Crippen LogP contribution in [0, 0.1) is 13.8 Å². The molecule has 118 valence electrons. The van der Waals surface area contributed by atoms with E-state index in [4.69, 9.17) is 0 Å². The van der Waals surface area contributed by atoms with E-state index in [1.54, 1.807) is 11.8 Å². The summed E-state index contributed by atoms with van der Waals surface area (Å²) in [6.07, 6.45) is 0. The van der Waals surface area contributed by atoms with Crippen LogP contribution >= 0.6 is 23.1 Å². The number of carbonyl (C=O) groups is 1. The number of anilines is 1. The van der Waals surface area contributed by atoms with Crippen molar-refractivity contribution >= 4 is 44.4 Å². The number of nitrogens with one attached hydrogen (secondary N) is 1. The summed E-state index contributed by atoms with van der Waals surface area (Å²) in [7, 11) is 0. The maximum atomic E-state index is 12.4. The number of hydrogen-bond acceptors (Lipinski definition) is 4. The topological polar surface area (TPSA) is 42.0 Å². The van der Waals surface area contributed by atoms with Gasteiger partial charge < -0.3 is 0 Å². The molecule has 3 aromatic rings. The van der Waals surface area contributed by atoms with E-state index < -0.39 is 0 Å². The van der Waals surface area contributed by atoms with Crippen LogP contribution in [-0.2, 0) is 0 Å². The molecule has 0 fully saturated rings. The van der Waals surface area contributed by atoms with E-state index in [1.165, 1.54) is 22.5 Å². The van der Waals surface area contributed by atoms with E-state index in [9.17, 15) is 4.79 Å². The summed E-state index contributed by atoms with van der Waals surface area (Å²) < 4.78 is 1.13. The van der Waals surface area contributed by atoms with Crippen molar-refractivity contribution < 1.29 is 4.79 Å². The van der Waals surface area contributed by atoms with Crippen molar-refractivity contribution in [3.8, 4) is 0 Å². The van der Waals surface area contributed by atoms with E-state index in [0.717, 1.165) is 20.9 Å². The number of aryl methyl sites for hydroxylation is 2. The Morgan fingerprint density at radius 3 is 2.87 bits per heavy atom. The summed E-state index contributed by atoms with van der Waals surface area (Å²) in [5, 5.41) is 3.57. The first-order valence-corrected chi connectivity index (χ1v) is 9.29. The summed E-state index contributed by atoms with van der Waals surface area (Å²) in [6.45, 7) is 6.23. The average Bonchev–Trinajstić information content (AvgIpc) is 2.90. The maximum Gasteiger partial charge on any atom is 0.257 e. The minimum Gasteiger partial charge on any atom is -0.298 e. The van der Waals surface area contributed by atoms with Crippen molar-refractivity contribution in [1.29, 1.82) is 0 Å². The Morgan fingerprint density at radius 2 is 2.09 bits per heavy atom. The largest absolute Gasteiger partial charge is 0.298 e. The molecule has 0 radical (unpaired) electrons. The molecule has 0 spiro atoms. The Bertz CT molecular complexity index is 871. The second kappa shape index (κ2) is 6.72. The van der Waals surface area contributed by atoms with E-state index in [0.29, 0.717) is 10.7 Å². The van der Waals surface area contributed by atoms with Gasteiger partial charge in [-0.3, -0.25) is 10.1 Å². The smallest absolute Gasteiger partial charge is 0.257 e. The molecule has 0 saturated heterocycles. The Kier molecular flexibility index (Phi) is 4.68. The van der Waals surface area contributed by atoms with Crippen LogP contribution < -0.4 is 5.32 Å². The minimum absolute atomic E-state index is 0.114. The van der Waals surface area contributed by atoms with Gasteiger partial charge >= 0.3 is 0 Å². The summed E-state index contributed by atoms with van der Waals surface area (Å²) in [5.74, 6) is 0.874. The zero-order valence-electron chi connectivity index (χ0n) is 13.3. The number of thioether (sulfide) groups is 1. The van der Waals surface area contributed by atoms with Crippen molar-refractivity contribution in [1.82, 2.24) is 4.98 Å². The third-order valence-corrected chi connectivity index (χ3v) is 5.45. The van der Waals surface area contributed by atoms with Crippen LogP contribution in [0.1, 0.15) is 28.4 Å². The van der Waals surface area contributed by atoms with Crippen LogP contribution in [0.3, 0.4) is 0 Å². The molecule has 1 heterocycles. The third kappa shape index (κ3) is 3.57. The predicted octanol–water partition coefficient (Wildman–Crippen LogP) is 5.28. The van der Waals surface area contributed by atoms with Crippen LogP contribution in [0.25, 0.3) is 10.2 Å². The number of rotatable bonds is 4. The Balaban J connectivity index is 1.85. The molecule has 0 aliphatic heterocycles. The van der Waals surface area contributed by atoms with Gasteiger partial charge in [0.05, 0.1) is 10.2 Å². The molecule has 0 unspecified atom stereocenters. The van der Waals surface area contributed by atoms with Gasteiger partial charge in [-0.2, -0.15) is 0 Å². The lowest BCUT2D eigenvalue weighted by Crippen LogP contribution is -2.11. The lowest BCUT2D eigenvalue weighted by molar-refractivity contribution is 0.102. The number of nitrogens with zero attached hydrogens (tertiary/aromatic N) is 1. The first-order valence-electron chi connectivity index (χ1n) is 7.49. The van der Waals surface area contributed by atoms with E-state index in [2.05, 4.69) is 37.1 Å². The lowest BCUT2D eigenvalue weighted by atomic mass is 10.1. The molecule has 3 rings (SSSR count). The molecule has 5 heteroatoms. The molecular weight excluding hydrogens is 324 g/mol. The molecule has 1 amide bonds. The molecular formula is C18H18N2OS2. The number of aromatic nitrogens is 1. The van der Waals surface area contributed by atoms with Gasteiger partial charge in [-0.05, 0) is 55.0 Å². The molecule has 0 aliphatic rings. The number of hydrogen-bond donors (Lipinski definition) is 1. The number of benzene rings is 2. The molecule has 3 nitrogen and oxygen atoms in total. The van der Waals surface area contributed by atoms with E-state index >= 15 is 0 Å². The highest BCUT2D eigenvalue weighted by Crippen LogP contribution is 2.30. The quantitative estimate of drug-likeness (QED) is 0.656. The van der Waals surface area contributed by atoms with Crippen molar-refractivity contribution in [2.75, 3.05) is 11.1 Å². The first-order chi connectivity index (χ1) is 11.1. The standard InChI is InChI=1S/C18H18N2OS2/c1-4-22-14-7-5-6-13(10-14)17(21)20-18-19-15-9-11(2)8-12(3)16(15)23-18/h5-10H,4H2,1-3H3,(H,19,20,21). The van der Waals surface area contributed by atoms with Crippen molar-refractivity contribution in [3.05, 3.63) is 53.1 Å². The molecule has 1 N–H and O–H groups in total. The Labute approximate surface area is 144 Å². The summed E-state index contributed by atoms with van der Waals surface area (Å²) in [4.78, 5) is 18.1. The average molecular weight is 342 g/mol. The molecule has 0 aliphatic carbocycles. The minimum atomic E-state index is -0.114. The summed E-state index contributed by atoms with van der Waals surface area (Å²) >= 11 is 3.25. The van der Waals surface area contributed by atoms with Gasteiger partial charge in [-0.25, -0.2) is 4.98 Å². The molecule has 0 saturated carbocycles. The number of thiazole rings is 1. The normalized spacial score (nSPS) is 10.9. The maximum absolute atomic E-state index is 12.4. The van der Waals surface area contributed by atoms with Crippen molar-refractivity contribution in [2.45, 2.75) is 25.7 Å². The van der Waals surface area contributed by atoms with Gasteiger partial charge in [0.25, 0.3) is 5.91 Å². The van der Waals surface area contributed by atoms with Gasteiger partial charge in [0, 0.05) is 10.5 Å². The lowest BCUT2D eigenvalue weighted by Gasteiger charge is -2.04. The van der Waals surface area contributed by atoms with Crippen LogP contribution in [0.5, 0.6) is 0 Å². The van der Waals surface area contributed by atoms with Gasteiger partial charge in [-0.15, -0.1) is 11.8 Å². The highest BCUT2D eigenvalue weighted by atomic mass is 32.2. The van der Waals surface area contributed by atoms with Crippen LogP contribution in [0.4, 0.5) is 5.13 Å². The summed E-state index contributed by atoms with van der Waals surface area (Å²) in [6, 6.07) is 11.9. The van der Waals surface area contributed by atoms with Crippen molar-refractivity contribution in [3.63, 3.8) is 0 Å². The van der Waals surface area contributed by atoms with Gasteiger partial charge in [0.2, 0.25) is 0 Å². The van der Waals surface area contributed by atoms with Gasteiger partial charge in [-0.1, -0.05) is 30.4 Å². The monoisotopic (exact) mass is 342 g/mol. The highest BCUT2D eigenvalue weighted by Gasteiger charge is 2.12. The summed E-state index contributed by atoms with van der Waals surface area (Å²) in [5.41, 5.74) is 3.98. The number of carbonyl (C=O) groups excluding carboxylic acids is 1.